The van der Waals surface area contributed by atoms with Crippen LogP contribution in [-0.2, 0) is 7.05 Å². The van der Waals surface area contributed by atoms with Gasteiger partial charge >= 0.3 is 0 Å². The van der Waals surface area contributed by atoms with E-state index in [1.54, 1.807) is 11.6 Å². The van der Waals surface area contributed by atoms with Crippen LogP contribution in [0.4, 0.5) is 0 Å². The van der Waals surface area contributed by atoms with Gasteiger partial charge in [-0.3, -0.25) is 4.79 Å². The van der Waals surface area contributed by atoms with Gasteiger partial charge in [0.05, 0.1) is 16.4 Å². The molecule has 0 saturated heterocycles. The van der Waals surface area contributed by atoms with Crippen LogP contribution in [0.1, 0.15) is 0 Å². The maximum Gasteiger partial charge on any atom is 0.258 e. The molecule has 0 bridgehead atoms. The second-order valence-electron chi connectivity index (χ2n) is 4.85. The van der Waals surface area contributed by atoms with Crippen molar-refractivity contribution < 1.29 is 4.74 Å². The first-order chi connectivity index (χ1) is 10.6. The number of benzene rings is 2. The van der Waals surface area contributed by atoms with Crippen LogP contribution in [0.2, 0.25) is 0 Å². The number of hydrogen-bond acceptors (Lipinski definition) is 2. The molecule has 0 aliphatic heterocycles. The van der Waals surface area contributed by atoms with E-state index >= 15 is 0 Å². The van der Waals surface area contributed by atoms with Gasteiger partial charge < -0.3 is 9.30 Å². The zero-order valence-corrected chi connectivity index (χ0v) is 13.6. The molecular weight excluding hydrogens is 342 g/mol. The van der Waals surface area contributed by atoms with Crippen LogP contribution in [0.5, 0.6) is 5.75 Å². The largest absolute Gasteiger partial charge is 0.465 e. The average Bonchev–Trinajstić information content (AvgIpc) is 2.55. The fraction of sp³-hybridized carbons (Fsp3) is 0.0556. The Morgan fingerprint density at radius 1 is 1.09 bits per heavy atom. The molecule has 2 aromatic carbocycles. The summed E-state index contributed by atoms with van der Waals surface area (Å²) in [5.74, 6) is 0.656. The highest BCUT2D eigenvalue weighted by atomic mass is 79.9. The quantitative estimate of drug-likeness (QED) is 0.648. The molecule has 22 heavy (non-hydrogen) atoms. The first-order valence-electron chi connectivity index (χ1n) is 6.79. The van der Waals surface area contributed by atoms with Gasteiger partial charge in [0.2, 0.25) is 0 Å². The fourth-order valence-electron chi connectivity index (χ4n) is 2.57. The monoisotopic (exact) mass is 355 g/mol. The molecule has 0 saturated carbocycles. The van der Waals surface area contributed by atoms with E-state index in [1.165, 1.54) is 6.26 Å². The van der Waals surface area contributed by atoms with E-state index in [2.05, 4.69) is 22.5 Å². The maximum atomic E-state index is 12.6. The van der Waals surface area contributed by atoms with Gasteiger partial charge in [-0.1, -0.05) is 36.9 Å². The Kier molecular flexibility index (Phi) is 3.86. The second kappa shape index (κ2) is 5.81. The summed E-state index contributed by atoms with van der Waals surface area (Å²) in [6, 6.07) is 15.1. The van der Waals surface area contributed by atoms with Gasteiger partial charge in [-0.15, -0.1) is 0 Å². The number of aromatic nitrogens is 1. The van der Waals surface area contributed by atoms with E-state index in [0.717, 1.165) is 21.1 Å². The van der Waals surface area contributed by atoms with Crippen LogP contribution < -0.4 is 10.3 Å². The summed E-state index contributed by atoms with van der Waals surface area (Å²) >= 11 is 3.65. The molecule has 0 N–H and O–H groups in total. The number of ether oxygens (including phenoxy) is 1. The standard InChI is InChI=1S/C18H14BrNO2/c1-3-22-15-11-7-6-10-14(15)17-16(19)12-8-4-5-9-13(12)18(21)20(17)2/h3-11H,1H2,2H3. The zero-order valence-electron chi connectivity index (χ0n) is 12.0. The lowest BCUT2D eigenvalue weighted by Crippen LogP contribution is -2.19. The molecule has 0 amide bonds. The minimum absolute atomic E-state index is 0.0396. The van der Waals surface area contributed by atoms with Gasteiger partial charge in [0.15, 0.2) is 0 Å². The van der Waals surface area contributed by atoms with Crippen molar-refractivity contribution in [2.75, 3.05) is 0 Å². The van der Waals surface area contributed by atoms with Crippen molar-refractivity contribution in [1.29, 1.82) is 0 Å². The third-order valence-electron chi connectivity index (χ3n) is 3.59. The molecule has 0 spiro atoms. The van der Waals surface area contributed by atoms with Gasteiger partial charge in [-0.05, 0) is 34.1 Å². The number of para-hydroxylation sites is 1. The molecule has 0 radical (unpaired) electrons. The highest BCUT2D eigenvalue weighted by Gasteiger charge is 2.17. The average molecular weight is 356 g/mol. The van der Waals surface area contributed by atoms with Crippen LogP contribution in [0, 0.1) is 0 Å². The van der Waals surface area contributed by atoms with E-state index in [4.69, 9.17) is 4.74 Å². The molecule has 0 aliphatic rings. The van der Waals surface area contributed by atoms with Crippen LogP contribution >= 0.6 is 15.9 Å². The van der Waals surface area contributed by atoms with Crippen molar-refractivity contribution in [1.82, 2.24) is 4.57 Å². The molecule has 0 aliphatic carbocycles. The first kappa shape index (κ1) is 14.6. The zero-order chi connectivity index (χ0) is 15.7. The van der Waals surface area contributed by atoms with E-state index in [1.807, 2.05) is 48.5 Å². The Bertz CT molecular complexity index is 928. The van der Waals surface area contributed by atoms with E-state index in [-0.39, 0.29) is 5.56 Å². The van der Waals surface area contributed by atoms with Gasteiger partial charge in [0.1, 0.15) is 5.75 Å². The third kappa shape index (κ3) is 2.25. The predicted molar refractivity (Wildman–Crippen MR) is 93.2 cm³/mol. The Hall–Kier alpha value is -2.33. The number of rotatable bonds is 3. The predicted octanol–water partition coefficient (Wildman–Crippen LogP) is 4.49. The summed E-state index contributed by atoms with van der Waals surface area (Å²) < 4.78 is 7.98. The lowest BCUT2D eigenvalue weighted by Gasteiger charge is -2.16. The molecule has 3 aromatic rings. The van der Waals surface area contributed by atoms with Gasteiger partial charge in [-0.2, -0.15) is 0 Å². The maximum absolute atomic E-state index is 12.6. The van der Waals surface area contributed by atoms with Gasteiger partial charge in [0, 0.05) is 23.4 Å². The highest BCUT2D eigenvalue weighted by Crippen LogP contribution is 2.37. The molecule has 1 aromatic heterocycles. The number of hydrogen-bond donors (Lipinski definition) is 0. The topological polar surface area (TPSA) is 31.2 Å². The number of nitrogens with zero attached hydrogens (tertiary/aromatic N) is 1. The fourth-order valence-corrected chi connectivity index (χ4v) is 3.40. The summed E-state index contributed by atoms with van der Waals surface area (Å²) in [5.41, 5.74) is 1.57. The van der Waals surface area contributed by atoms with Crippen molar-refractivity contribution in [2.45, 2.75) is 0 Å². The molecule has 3 nitrogen and oxygen atoms in total. The highest BCUT2D eigenvalue weighted by molar-refractivity contribution is 9.10. The smallest absolute Gasteiger partial charge is 0.258 e. The van der Waals surface area contributed by atoms with Crippen molar-refractivity contribution in [3.63, 3.8) is 0 Å². The van der Waals surface area contributed by atoms with E-state index in [9.17, 15) is 4.79 Å². The summed E-state index contributed by atoms with van der Waals surface area (Å²) in [7, 11) is 1.76. The summed E-state index contributed by atoms with van der Waals surface area (Å²) in [5, 5.41) is 1.57. The Morgan fingerprint density at radius 2 is 1.73 bits per heavy atom. The third-order valence-corrected chi connectivity index (χ3v) is 4.40. The van der Waals surface area contributed by atoms with Gasteiger partial charge in [0.25, 0.3) is 5.56 Å². The normalized spacial score (nSPS) is 10.6. The summed E-state index contributed by atoms with van der Waals surface area (Å²) in [6.07, 6.45) is 1.38. The molecule has 110 valence electrons. The number of pyridine rings is 1. The van der Waals surface area contributed by atoms with E-state index in [0.29, 0.717) is 11.1 Å². The van der Waals surface area contributed by atoms with Crippen molar-refractivity contribution in [3.8, 4) is 17.0 Å². The minimum Gasteiger partial charge on any atom is -0.465 e. The van der Waals surface area contributed by atoms with Crippen LogP contribution in [0.15, 0.2) is 70.6 Å². The molecule has 0 fully saturated rings. The molecule has 4 heteroatoms. The first-order valence-corrected chi connectivity index (χ1v) is 7.58. The lowest BCUT2D eigenvalue weighted by molar-refractivity contribution is 0.484. The van der Waals surface area contributed by atoms with E-state index < -0.39 is 0 Å². The van der Waals surface area contributed by atoms with Crippen molar-refractivity contribution in [3.05, 3.63) is 76.2 Å². The van der Waals surface area contributed by atoms with Gasteiger partial charge in [-0.25, -0.2) is 0 Å². The molecule has 0 unspecified atom stereocenters. The molecule has 0 atom stereocenters. The van der Waals surface area contributed by atoms with Crippen LogP contribution in [0.3, 0.4) is 0 Å². The second-order valence-corrected chi connectivity index (χ2v) is 5.65. The SMILES string of the molecule is C=COc1ccccc1-c1c(Br)c2ccccc2c(=O)n1C. The number of halogens is 1. The van der Waals surface area contributed by atoms with Crippen molar-refractivity contribution >= 4 is 26.7 Å². The Labute approximate surface area is 136 Å². The Morgan fingerprint density at radius 3 is 2.45 bits per heavy atom. The van der Waals surface area contributed by atoms with Crippen LogP contribution in [-0.4, -0.2) is 4.57 Å². The molecular formula is C18H14BrNO2. The lowest BCUT2D eigenvalue weighted by atomic mass is 10.1. The molecule has 1 heterocycles. The van der Waals surface area contributed by atoms with Crippen LogP contribution in [0.25, 0.3) is 22.0 Å². The minimum atomic E-state index is -0.0396. The summed E-state index contributed by atoms with van der Waals surface area (Å²) in [6.45, 7) is 3.60. The number of fused-ring (bicyclic) bond motifs is 1. The Balaban J connectivity index is 2.42. The molecule has 3 rings (SSSR count). The summed E-state index contributed by atoms with van der Waals surface area (Å²) in [4.78, 5) is 12.6. The van der Waals surface area contributed by atoms with Crippen molar-refractivity contribution in [2.24, 2.45) is 7.05 Å².